The van der Waals surface area contributed by atoms with Crippen molar-refractivity contribution in [1.29, 1.82) is 0 Å². The zero-order valence-corrected chi connectivity index (χ0v) is 11.2. The lowest BCUT2D eigenvalue weighted by Crippen LogP contribution is -2.38. The van der Waals surface area contributed by atoms with Crippen LogP contribution in [-0.2, 0) is 9.47 Å². The highest BCUT2D eigenvalue weighted by Crippen LogP contribution is 2.39. The van der Waals surface area contributed by atoms with Gasteiger partial charge in [-0.15, -0.1) is 0 Å². The molecule has 1 fully saturated rings. The molecular formula is C13H27NO2. The van der Waals surface area contributed by atoms with Crippen LogP contribution in [0, 0.1) is 11.3 Å². The van der Waals surface area contributed by atoms with Crippen molar-refractivity contribution in [3.05, 3.63) is 0 Å². The monoisotopic (exact) mass is 229 g/mol. The fraction of sp³-hybridized carbons (Fsp3) is 1.00. The van der Waals surface area contributed by atoms with Crippen molar-refractivity contribution >= 4 is 0 Å². The van der Waals surface area contributed by atoms with Crippen LogP contribution in [0.2, 0.25) is 0 Å². The lowest BCUT2D eigenvalue weighted by molar-refractivity contribution is -0.0830. The maximum absolute atomic E-state index is 6.04. The molecule has 1 aliphatic carbocycles. The van der Waals surface area contributed by atoms with Crippen LogP contribution in [0.3, 0.4) is 0 Å². The SMILES string of the molecule is COCC(CN)OC1CC(C)CC(C)(C)C1. The molecule has 3 unspecified atom stereocenters. The molecule has 3 heteroatoms. The molecule has 3 nitrogen and oxygen atoms in total. The van der Waals surface area contributed by atoms with E-state index in [-0.39, 0.29) is 6.10 Å². The van der Waals surface area contributed by atoms with E-state index in [1.54, 1.807) is 7.11 Å². The second kappa shape index (κ2) is 5.99. The number of nitrogens with two attached hydrogens (primary N) is 1. The third-order valence-electron chi connectivity index (χ3n) is 3.35. The minimum absolute atomic E-state index is 0.0519. The average Bonchev–Trinajstić information content (AvgIpc) is 2.13. The van der Waals surface area contributed by atoms with Crippen molar-refractivity contribution in [1.82, 2.24) is 0 Å². The Bertz CT molecular complexity index is 206. The first kappa shape index (κ1) is 13.9. The van der Waals surface area contributed by atoms with E-state index in [1.165, 1.54) is 6.42 Å². The Labute approximate surface area is 99.7 Å². The van der Waals surface area contributed by atoms with Gasteiger partial charge in [-0.2, -0.15) is 0 Å². The van der Waals surface area contributed by atoms with Crippen molar-refractivity contribution < 1.29 is 9.47 Å². The summed E-state index contributed by atoms with van der Waals surface area (Å²) in [6.45, 7) is 8.10. The molecule has 96 valence electrons. The number of ether oxygens (including phenoxy) is 2. The van der Waals surface area contributed by atoms with Crippen LogP contribution in [0.4, 0.5) is 0 Å². The highest BCUT2D eigenvalue weighted by atomic mass is 16.5. The highest BCUT2D eigenvalue weighted by Gasteiger charge is 2.33. The molecule has 0 amide bonds. The van der Waals surface area contributed by atoms with Crippen LogP contribution in [0.15, 0.2) is 0 Å². The van der Waals surface area contributed by atoms with Crippen LogP contribution < -0.4 is 5.73 Å². The summed E-state index contributed by atoms with van der Waals surface area (Å²) in [7, 11) is 1.69. The van der Waals surface area contributed by atoms with Gasteiger partial charge in [-0.3, -0.25) is 0 Å². The molecule has 1 rings (SSSR count). The van der Waals surface area contributed by atoms with Crippen molar-refractivity contribution in [2.75, 3.05) is 20.3 Å². The predicted molar refractivity (Wildman–Crippen MR) is 66.4 cm³/mol. The molecule has 2 N–H and O–H groups in total. The summed E-state index contributed by atoms with van der Waals surface area (Å²) in [5.41, 5.74) is 6.07. The van der Waals surface area contributed by atoms with E-state index in [0.29, 0.717) is 24.7 Å². The van der Waals surface area contributed by atoms with Gasteiger partial charge in [0.1, 0.15) is 0 Å². The summed E-state index contributed by atoms with van der Waals surface area (Å²) in [4.78, 5) is 0. The number of hydrogen-bond acceptors (Lipinski definition) is 3. The van der Waals surface area contributed by atoms with Crippen LogP contribution in [0.1, 0.15) is 40.0 Å². The van der Waals surface area contributed by atoms with Crippen molar-refractivity contribution in [2.45, 2.75) is 52.2 Å². The lowest BCUT2D eigenvalue weighted by Gasteiger charge is -2.40. The molecule has 16 heavy (non-hydrogen) atoms. The van der Waals surface area contributed by atoms with Crippen LogP contribution >= 0.6 is 0 Å². The Kier molecular flexibility index (Phi) is 5.22. The molecule has 0 saturated heterocycles. The summed E-state index contributed by atoms with van der Waals surface area (Å²) in [6.07, 6.45) is 3.99. The number of methoxy groups -OCH3 is 1. The van der Waals surface area contributed by atoms with Gasteiger partial charge in [0.25, 0.3) is 0 Å². The van der Waals surface area contributed by atoms with Gasteiger partial charge in [-0.05, 0) is 30.6 Å². The first-order valence-electron chi connectivity index (χ1n) is 6.31. The summed E-state index contributed by atoms with van der Waals surface area (Å²) in [6, 6.07) is 0. The molecule has 3 atom stereocenters. The minimum atomic E-state index is 0.0519. The predicted octanol–water partition coefficient (Wildman–Crippen LogP) is 2.19. The van der Waals surface area contributed by atoms with E-state index in [1.807, 2.05) is 0 Å². The summed E-state index contributed by atoms with van der Waals surface area (Å²) >= 11 is 0. The second-order valence-electron chi connectivity index (χ2n) is 5.98. The molecule has 0 spiro atoms. The van der Waals surface area contributed by atoms with E-state index in [0.717, 1.165) is 18.8 Å². The average molecular weight is 229 g/mol. The van der Waals surface area contributed by atoms with Crippen LogP contribution in [0.25, 0.3) is 0 Å². The summed E-state index contributed by atoms with van der Waals surface area (Å²) < 4.78 is 11.1. The topological polar surface area (TPSA) is 44.5 Å². The van der Waals surface area contributed by atoms with E-state index >= 15 is 0 Å². The van der Waals surface area contributed by atoms with Crippen LogP contribution in [-0.4, -0.2) is 32.5 Å². The van der Waals surface area contributed by atoms with E-state index in [4.69, 9.17) is 15.2 Å². The molecule has 1 aliphatic rings. The van der Waals surface area contributed by atoms with E-state index in [9.17, 15) is 0 Å². The van der Waals surface area contributed by atoms with Crippen LogP contribution in [0.5, 0.6) is 0 Å². The van der Waals surface area contributed by atoms with Gasteiger partial charge in [0.15, 0.2) is 0 Å². The number of hydrogen-bond donors (Lipinski definition) is 1. The van der Waals surface area contributed by atoms with Gasteiger partial charge >= 0.3 is 0 Å². The first-order chi connectivity index (χ1) is 7.46. The zero-order chi connectivity index (χ0) is 12.2. The Morgan fingerprint density at radius 1 is 1.38 bits per heavy atom. The molecule has 0 aromatic heterocycles. The zero-order valence-electron chi connectivity index (χ0n) is 11.2. The molecule has 0 bridgehead atoms. The highest BCUT2D eigenvalue weighted by molar-refractivity contribution is 4.84. The molecular weight excluding hydrogens is 202 g/mol. The normalized spacial score (nSPS) is 31.3. The van der Waals surface area contributed by atoms with Crippen molar-refractivity contribution in [3.63, 3.8) is 0 Å². The van der Waals surface area contributed by atoms with Gasteiger partial charge in [-0.1, -0.05) is 20.8 Å². The smallest absolute Gasteiger partial charge is 0.0933 e. The van der Waals surface area contributed by atoms with Crippen molar-refractivity contribution in [3.8, 4) is 0 Å². The van der Waals surface area contributed by atoms with Crippen molar-refractivity contribution in [2.24, 2.45) is 17.1 Å². The number of rotatable bonds is 5. The molecule has 0 radical (unpaired) electrons. The summed E-state index contributed by atoms with van der Waals surface area (Å²) in [5.74, 6) is 0.745. The van der Waals surface area contributed by atoms with Gasteiger partial charge in [0, 0.05) is 13.7 Å². The maximum Gasteiger partial charge on any atom is 0.0933 e. The summed E-state index contributed by atoms with van der Waals surface area (Å²) in [5, 5.41) is 0. The fourth-order valence-electron chi connectivity index (χ4n) is 2.98. The van der Waals surface area contributed by atoms with E-state index in [2.05, 4.69) is 20.8 Å². The third kappa shape index (κ3) is 4.40. The second-order valence-corrected chi connectivity index (χ2v) is 5.98. The fourth-order valence-corrected chi connectivity index (χ4v) is 2.98. The van der Waals surface area contributed by atoms with Gasteiger partial charge in [0.2, 0.25) is 0 Å². The molecule has 1 saturated carbocycles. The molecule has 0 heterocycles. The molecule has 0 aliphatic heterocycles. The maximum atomic E-state index is 6.04. The van der Waals surface area contributed by atoms with Gasteiger partial charge in [-0.25, -0.2) is 0 Å². The largest absolute Gasteiger partial charge is 0.382 e. The molecule has 0 aromatic rings. The lowest BCUT2D eigenvalue weighted by atomic mass is 9.71. The minimum Gasteiger partial charge on any atom is -0.382 e. The Hall–Kier alpha value is -0.120. The third-order valence-corrected chi connectivity index (χ3v) is 3.35. The molecule has 0 aromatic carbocycles. The van der Waals surface area contributed by atoms with Gasteiger partial charge < -0.3 is 15.2 Å². The Balaban J connectivity index is 2.46. The Morgan fingerprint density at radius 3 is 2.56 bits per heavy atom. The standard InChI is InChI=1S/C13H27NO2/c1-10-5-11(7-13(2,3)6-10)16-12(8-14)9-15-4/h10-12H,5-9,14H2,1-4H3. The first-order valence-corrected chi connectivity index (χ1v) is 6.31. The quantitative estimate of drug-likeness (QED) is 0.786. The van der Waals surface area contributed by atoms with Gasteiger partial charge in [0.05, 0.1) is 18.8 Å². The Morgan fingerprint density at radius 2 is 2.06 bits per heavy atom. The van der Waals surface area contributed by atoms with E-state index < -0.39 is 0 Å².